The van der Waals surface area contributed by atoms with Crippen molar-refractivity contribution < 1.29 is 14.0 Å². The van der Waals surface area contributed by atoms with Crippen LogP contribution < -0.4 is 9.47 Å². The Morgan fingerprint density at radius 2 is 1.77 bits per heavy atom. The fraction of sp³-hybridized carbons (Fsp3) is 0.360. The van der Waals surface area contributed by atoms with Crippen molar-refractivity contribution in [2.24, 2.45) is 5.92 Å². The number of ether oxygens (including phenoxy) is 2. The normalized spacial score (nSPS) is 15.4. The van der Waals surface area contributed by atoms with Gasteiger partial charge in [-0.15, -0.1) is 0 Å². The first-order valence-corrected chi connectivity index (χ1v) is 10.7. The molecule has 1 aliphatic heterocycles. The number of likely N-dealkylation sites (tertiary alicyclic amines) is 1. The molecular weight excluding hydrogens is 390 g/mol. The van der Waals surface area contributed by atoms with Crippen LogP contribution in [0.5, 0.6) is 11.5 Å². The third-order valence-electron chi connectivity index (χ3n) is 5.74. The van der Waals surface area contributed by atoms with E-state index in [2.05, 4.69) is 45.4 Å². The number of aromatic nitrogens is 2. The molecule has 0 bridgehead atoms. The average molecular weight is 420 g/mol. The summed E-state index contributed by atoms with van der Waals surface area (Å²) in [6.07, 6.45) is 6.96. The third kappa shape index (κ3) is 5.73. The highest BCUT2D eigenvalue weighted by Gasteiger charge is 2.21. The van der Waals surface area contributed by atoms with E-state index in [9.17, 15) is 0 Å². The molecule has 6 nitrogen and oxygen atoms in total. The van der Waals surface area contributed by atoms with Crippen LogP contribution in [0.1, 0.15) is 35.7 Å². The zero-order valence-electron chi connectivity index (χ0n) is 18.2. The van der Waals surface area contributed by atoms with E-state index in [1.165, 1.54) is 5.56 Å². The second-order valence-corrected chi connectivity index (χ2v) is 7.91. The maximum Gasteiger partial charge on any atom is 0.250 e. The lowest BCUT2D eigenvalue weighted by Gasteiger charge is -2.31. The Kier molecular flexibility index (Phi) is 6.99. The van der Waals surface area contributed by atoms with Crippen LogP contribution in [0.3, 0.4) is 0 Å². The van der Waals surface area contributed by atoms with Crippen molar-refractivity contribution in [3.8, 4) is 11.5 Å². The van der Waals surface area contributed by atoms with Gasteiger partial charge in [0.2, 0.25) is 0 Å². The predicted octanol–water partition coefficient (Wildman–Crippen LogP) is 4.71. The van der Waals surface area contributed by atoms with Gasteiger partial charge in [0.1, 0.15) is 0 Å². The molecule has 0 atom stereocenters. The van der Waals surface area contributed by atoms with Gasteiger partial charge in [-0.1, -0.05) is 41.6 Å². The van der Waals surface area contributed by atoms with Crippen LogP contribution in [0.25, 0.3) is 12.2 Å². The van der Waals surface area contributed by atoms with Crippen LogP contribution in [-0.2, 0) is 13.0 Å². The van der Waals surface area contributed by atoms with Crippen molar-refractivity contribution in [1.82, 2.24) is 15.0 Å². The van der Waals surface area contributed by atoms with Crippen LogP contribution >= 0.6 is 0 Å². The molecule has 0 radical (unpaired) electrons. The zero-order valence-corrected chi connectivity index (χ0v) is 18.2. The number of hydrogen-bond acceptors (Lipinski definition) is 6. The maximum absolute atomic E-state index is 5.42. The quantitative estimate of drug-likeness (QED) is 0.527. The zero-order chi connectivity index (χ0) is 21.5. The number of nitrogens with zero attached hydrogens (tertiary/aromatic N) is 3. The molecule has 162 valence electrons. The highest BCUT2D eigenvalue weighted by Crippen LogP contribution is 2.28. The number of benzene rings is 2. The number of hydrogen-bond donors (Lipinski definition) is 0. The second-order valence-electron chi connectivity index (χ2n) is 7.91. The Balaban J connectivity index is 1.28. The minimum absolute atomic E-state index is 0.520. The average Bonchev–Trinajstić information content (AvgIpc) is 3.26. The van der Waals surface area contributed by atoms with Crippen LogP contribution in [-0.4, -0.2) is 42.3 Å². The monoisotopic (exact) mass is 419 g/mol. The van der Waals surface area contributed by atoms with Gasteiger partial charge in [-0.3, -0.25) is 4.90 Å². The molecule has 0 saturated carbocycles. The summed E-state index contributed by atoms with van der Waals surface area (Å²) in [4.78, 5) is 7.08. The Bertz CT molecular complexity index is 992. The lowest BCUT2D eigenvalue weighted by atomic mass is 9.93. The number of piperidine rings is 1. The summed E-state index contributed by atoms with van der Waals surface area (Å²) in [5.74, 6) is 3.30. The first-order valence-electron chi connectivity index (χ1n) is 10.7. The Morgan fingerprint density at radius 1 is 1.00 bits per heavy atom. The SMILES string of the molecule is COc1ccc(C=Cc2nc(CC3CCN(Cc4ccccc4)CC3)no2)cc1OC. The summed E-state index contributed by atoms with van der Waals surface area (Å²) in [6, 6.07) is 16.4. The maximum atomic E-state index is 5.42. The fourth-order valence-corrected chi connectivity index (χ4v) is 3.99. The molecule has 0 amide bonds. The number of rotatable bonds is 8. The Labute approximate surface area is 183 Å². The van der Waals surface area contributed by atoms with Gasteiger partial charge in [0.15, 0.2) is 17.3 Å². The van der Waals surface area contributed by atoms with E-state index in [1.54, 1.807) is 14.2 Å². The van der Waals surface area contributed by atoms with Crippen LogP contribution in [0.2, 0.25) is 0 Å². The molecule has 0 unspecified atom stereocenters. The van der Waals surface area contributed by atoms with E-state index in [0.29, 0.717) is 23.3 Å². The van der Waals surface area contributed by atoms with Crippen LogP contribution in [0.15, 0.2) is 53.1 Å². The van der Waals surface area contributed by atoms with E-state index in [1.807, 2.05) is 30.4 Å². The molecule has 0 aliphatic carbocycles. The molecule has 31 heavy (non-hydrogen) atoms. The van der Waals surface area contributed by atoms with Gasteiger partial charge in [0.25, 0.3) is 5.89 Å². The number of methoxy groups -OCH3 is 2. The summed E-state index contributed by atoms with van der Waals surface area (Å²) in [5, 5.41) is 4.17. The molecule has 1 aliphatic rings. The van der Waals surface area contributed by atoms with Crippen molar-refractivity contribution in [2.45, 2.75) is 25.8 Å². The summed E-state index contributed by atoms with van der Waals surface area (Å²) in [6.45, 7) is 3.26. The first kappa shape index (κ1) is 21.1. The van der Waals surface area contributed by atoms with Gasteiger partial charge in [-0.2, -0.15) is 4.98 Å². The van der Waals surface area contributed by atoms with Crippen LogP contribution in [0.4, 0.5) is 0 Å². The molecule has 0 spiro atoms. The lowest BCUT2D eigenvalue weighted by Crippen LogP contribution is -2.33. The van der Waals surface area contributed by atoms with Gasteiger partial charge in [0, 0.05) is 19.0 Å². The molecule has 1 aromatic heterocycles. The van der Waals surface area contributed by atoms with Gasteiger partial charge in [-0.25, -0.2) is 0 Å². The Morgan fingerprint density at radius 3 is 2.52 bits per heavy atom. The fourth-order valence-electron chi connectivity index (χ4n) is 3.99. The highest BCUT2D eigenvalue weighted by molar-refractivity contribution is 5.67. The summed E-state index contributed by atoms with van der Waals surface area (Å²) in [5.41, 5.74) is 2.35. The van der Waals surface area contributed by atoms with Crippen molar-refractivity contribution in [3.63, 3.8) is 0 Å². The molecular formula is C25H29N3O3. The van der Waals surface area contributed by atoms with Gasteiger partial charge < -0.3 is 14.0 Å². The minimum Gasteiger partial charge on any atom is -0.493 e. The largest absolute Gasteiger partial charge is 0.493 e. The van der Waals surface area contributed by atoms with Crippen molar-refractivity contribution >= 4 is 12.2 Å². The Hall–Kier alpha value is -3.12. The lowest BCUT2D eigenvalue weighted by molar-refractivity contribution is 0.175. The second kappa shape index (κ2) is 10.3. The molecule has 2 aromatic carbocycles. The molecule has 3 aromatic rings. The van der Waals surface area contributed by atoms with E-state index >= 15 is 0 Å². The van der Waals surface area contributed by atoms with Crippen molar-refractivity contribution in [3.05, 3.63) is 71.4 Å². The van der Waals surface area contributed by atoms with Gasteiger partial charge in [-0.05, 0) is 61.2 Å². The summed E-state index contributed by atoms with van der Waals surface area (Å²) >= 11 is 0. The summed E-state index contributed by atoms with van der Waals surface area (Å²) < 4.78 is 16.0. The van der Waals surface area contributed by atoms with E-state index < -0.39 is 0 Å². The third-order valence-corrected chi connectivity index (χ3v) is 5.74. The van der Waals surface area contributed by atoms with Crippen LogP contribution in [0, 0.1) is 5.92 Å². The minimum atomic E-state index is 0.520. The molecule has 0 N–H and O–H groups in total. The molecule has 1 saturated heterocycles. The molecule has 4 rings (SSSR count). The van der Waals surface area contributed by atoms with Gasteiger partial charge >= 0.3 is 0 Å². The molecule has 1 fully saturated rings. The van der Waals surface area contributed by atoms with E-state index in [4.69, 9.17) is 14.0 Å². The molecule has 6 heteroatoms. The topological polar surface area (TPSA) is 60.6 Å². The van der Waals surface area contributed by atoms with Crippen molar-refractivity contribution in [2.75, 3.05) is 27.3 Å². The standard InChI is InChI=1S/C25H29N3O3/c1-29-22-10-8-19(16-23(22)30-2)9-11-25-26-24(27-31-25)17-20-12-14-28(15-13-20)18-21-6-4-3-5-7-21/h3-11,16,20H,12-15,17-18H2,1-2H3. The van der Waals surface area contributed by atoms with E-state index in [0.717, 1.165) is 50.3 Å². The smallest absolute Gasteiger partial charge is 0.250 e. The van der Waals surface area contributed by atoms with Gasteiger partial charge in [0.05, 0.1) is 14.2 Å². The first-order chi connectivity index (χ1) is 15.2. The predicted molar refractivity (Wildman–Crippen MR) is 121 cm³/mol. The highest BCUT2D eigenvalue weighted by atomic mass is 16.5. The molecule has 2 heterocycles. The summed E-state index contributed by atoms with van der Waals surface area (Å²) in [7, 11) is 3.25. The van der Waals surface area contributed by atoms with E-state index in [-0.39, 0.29) is 0 Å². The van der Waals surface area contributed by atoms with Crippen molar-refractivity contribution in [1.29, 1.82) is 0 Å².